The Balaban J connectivity index is 1.47. The summed E-state index contributed by atoms with van der Waals surface area (Å²) >= 11 is 0. The predicted molar refractivity (Wildman–Crippen MR) is 138 cm³/mol. The molecule has 1 aromatic heterocycles. The van der Waals surface area contributed by atoms with Crippen LogP contribution in [0.1, 0.15) is 30.0 Å². The van der Waals surface area contributed by atoms with Crippen molar-refractivity contribution in [1.82, 2.24) is 5.32 Å². The number of carboxylic acids is 1. The fraction of sp³-hybridized carbons (Fsp3) is 0.241. The van der Waals surface area contributed by atoms with Crippen LogP contribution in [-0.2, 0) is 11.2 Å². The van der Waals surface area contributed by atoms with Crippen molar-refractivity contribution in [2.45, 2.75) is 26.3 Å². The van der Waals surface area contributed by atoms with Gasteiger partial charge in [0.1, 0.15) is 23.1 Å². The van der Waals surface area contributed by atoms with Crippen LogP contribution in [0, 0.1) is 5.92 Å². The van der Waals surface area contributed by atoms with Gasteiger partial charge in [0.25, 0.3) is 5.91 Å². The number of carbonyl (C=O) groups is 2. The van der Waals surface area contributed by atoms with Crippen LogP contribution in [0.5, 0.6) is 11.5 Å². The lowest BCUT2D eigenvalue weighted by molar-refractivity contribution is -0.139. The zero-order valence-electron chi connectivity index (χ0n) is 20.5. The number of carboxylic acid groups (broad SMARTS) is 1. The van der Waals surface area contributed by atoms with E-state index in [4.69, 9.17) is 13.9 Å². The number of fused-ring (bicyclic) bond motifs is 1. The molecule has 7 heteroatoms. The van der Waals surface area contributed by atoms with Crippen molar-refractivity contribution in [2.75, 3.05) is 13.7 Å². The van der Waals surface area contributed by atoms with Crippen LogP contribution in [-0.4, -0.2) is 36.7 Å². The maximum Gasteiger partial charge on any atom is 0.326 e. The van der Waals surface area contributed by atoms with Gasteiger partial charge in [-0.3, -0.25) is 4.79 Å². The summed E-state index contributed by atoms with van der Waals surface area (Å²) in [6, 6.07) is 21.0. The summed E-state index contributed by atoms with van der Waals surface area (Å²) in [5.74, 6) is 0.168. The first-order valence-corrected chi connectivity index (χ1v) is 11.8. The Labute approximate surface area is 209 Å². The van der Waals surface area contributed by atoms with E-state index in [0.717, 1.165) is 22.4 Å². The van der Waals surface area contributed by atoms with Gasteiger partial charge < -0.3 is 24.3 Å². The summed E-state index contributed by atoms with van der Waals surface area (Å²) < 4.78 is 16.7. The Morgan fingerprint density at radius 2 is 1.75 bits per heavy atom. The maximum atomic E-state index is 12.7. The SMILES string of the molecule is COc1ccc2oc(C(=O)NC(Cc3ccc(-c4ccccc4OCC(C)C)cc3)C(=O)O)cc2c1. The molecular formula is C29H29NO6. The lowest BCUT2D eigenvalue weighted by atomic mass is 10.00. The normalized spacial score (nSPS) is 11.9. The summed E-state index contributed by atoms with van der Waals surface area (Å²) in [4.78, 5) is 24.7. The number of nitrogens with one attached hydrogen (secondary N) is 1. The fourth-order valence-electron chi connectivity index (χ4n) is 3.83. The highest BCUT2D eigenvalue weighted by Gasteiger charge is 2.23. The van der Waals surface area contributed by atoms with E-state index >= 15 is 0 Å². The molecule has 0 bridgehead atoms. The summed E-state index contributed by atoms with van der Waals surface area (Å²) in [5, 5.41) is 13.0. The molecule has 0 aliphatic heterocycles. The van der Waals surface area contributed by atoms with E-state index < -0.39 is 17.9 Å². The first-order valence-electron chi connectivity index (χ1n) is 11.8. The van der Waals surface area contributed by atoms with E-state index in [0.29, 0.717) is 29.2 Å². The number of methoxy groups -OCH3 is 1. The molecule has 0 spiro atoms. The van der Waals surface area contributed by atoms with E-state index in [-0.39, 0.29) is 12.2 Å². The number of para-hydroxylation sites is 1. The molecule has 36 heavy (non-hydrogen) atoms. The molecule has 1 atom stereocenters. The molecule has 7 nitrogen and oxygen atoms in total. The van der Waals surface area contributed by atoms with Gasteiger partial charge in [-0.05, 0) is 47.4 Å². The number of hydrogen-bond acceptors (Lipinski definition) is 5. The standard InChI is InChI=1S/C29H29NO6/c1-18(2)17-35-26-7-5-4-6-23(26)20-10-8-19(9-11-20)14-24(29(32)33)30-28(31)27-16-21-15-22(34-3)12-13-25(21)36-27/h4-13,15-16,18,24H,14,17H2,1-3H3,(H,30,31)(H,32,33). The minimum absolute atomic E-state index is 0.0397. The summed E-state index contributed by atoms with van der Waals surface area (Å²) in [6.07, 6.45) is 0.126. The third-order valence-electron chi connectivity index (χ3n) is 5.71. The third kappa shape index (κ3) is 5.86. The van der Waals surface area contributed by atoms with Crippen molar-refractivity contribution in [1.29, 1.82) is 0 Å². The van der Waals surface area contributed by atoms with Gasteiger partial charge in [-0.25, -0.2) is 4.79 Å². The maximum absolute atomic E-state index is 12.7. The lowest BCUT2D eigenvalue weighted by Crippen LogP contribution is -2.42. The number of furan rings is 1. The number of rotatable bonds is 10. The molecule has 4 rings (SSSR count). The minimum atomic E-state index is -1.13. The molecule has 1 amide bonds. The predicted octanol–water partition coefficient (Wildman–Crippen LogP) is 5.57. The van der Waals surface area contributed by atoms with Gasteiger partial charge in [-0.2, -0.15) is 0 Å². The van der Waals surface area contributed by atoms with E-state index in [1.165, 1.54) is 0 Å². The second-order valence-electron chi connectivity index (χ2n) is 8.98. The van der Waals surface area contributed by atoms with Gasteiger partial charge in [-0.1, -0.05) is 56.3 Å². The average Bonchev–Trinajstić information content (AvgIpc) is 3.31. The van der Waals surface area contributed by atoms with Crippen molar-refractivity contribution >= 4 is 22.8 Å². The quantitative estimate of drug-likeness (QED) is 0.304. The fourth-order valence-corrected chi connectivity index (χ4v) is 3.83. The van der Waals surface area contributed by atoms with E-state index in [2.05, 4.69) is 19.2 Å². The smallest absolute Gasteiger partial charge is 0.326 e. The molecule has 3 aromatic carbocycles. The highest BCUT2D eigenvalue weighted by atomic mass is 16.5. The largest absolute Gasteiger partial charge is 0.497 e. The monoisotopic (exact) mass is 487 g/mol. The lowest BCUT2D eigenvalue weighted by Gasteiger charge is -2.15. The van der Waals surface area contributed by atoms with Crippen LogP contribution in [0.3, 0.4) is 0 Å². The molecule has 0 aliphatic rings. The average molecular weight is 488 g/mol. The van der Waals surface area contributed by atoms with Crippen LogP contribution in [0.15, 0.2) is 77.2 Å². The number of amides is 1. The van der Waals surface area contributed by atoms with E-state index in [9.17, 15) is 14.7 Å². The molecule has 0 fully saturated rings. The Kier molecular flexibility index (Phi) is 7.59. The molecule has 4 aromatic rings. The van der Waals surface area contributed by atoms with Crippen molar-refractivity contribution < 1.29 is 28.6 Å². The highest BCUT2D eigenvalue weighted by molar-refractivity contribution is 5.98. The van der Waals surface area contributed by atoms with Crippen molar-refractivity contribution in [3.63, 3.8) is 0 Å². The van der Waals surface area contributed by atoms with E-state index in [1.807, 2.05) is 48.5 Å². The van der Waals surface area contributed by atoms with Gasteiger partial charge in [0, 0.05) is 17.4 Å². The summed E-state index contributed by atoms with van der Waals surface area (Å²) in [5.41, 5.74) is 3.23. The highest BCUT2D eigenvalue weighted by Crippen LogP contribution is 2.30. The van der Waals surface area contributed by atoms with Crippen molar-refractivity contribution in [2.24, 2.45) is 5.92 Å². The Morgan fingerprint density at radius 1 is 1.00 bits per heavy atom. The molecule has 0 radical (unpaired) electrons. The second-order valence-corrected chi connectivity index (χ2v) is 8.98. The summed E-state index contributed by atoms with van der Waals surface area (Å²) in [7, 11) is 1.55. The second kappa shape index (κ2) is 11.0. The zero-order valence-corrected chi connectivity index (χ0v) is 20.5. The van der Waals surface area contributed by atoms with Crippen LogP contribution >= 0.6 is 0 Å². The Morgan fingerprint density at radius 3 is 2.44 bits per heavy atom. The first-order chi connectivity index (χ1) is 17.3. The number of aliphatic carboxylic acids is 1. The summed E-state index contributed by atoms with van der Waals surface area (Å²) in [6.45, 7) is 4.81. The van der Waals surface area contributed by atoms with Crippen LogP contribution < -0.4 is 14.8 Å². The van der Waals surface area contributed by atoms with Crippen LogP contribution in [0.4, 0.5) is 0 Å². The molecule has 1 heterocycles. The van der Waals surface area contributed by atoms with Crippen molar-refractivity contribution in [3.8, 4) is 22.6 Å². The number of benzene rings is 3. The molecule has 2 N–H and O–H groups in total. The van der Waals surface area contributed by atoms with Gasteiger partial charge in [0.2, 0.25) is 0 Å². The molecule has 186 valence electrons. The van der Waals surface area contributed by atoms with Crippen LogP contribution in [0.2, 0.25) is 0 Å². The van der Waals surface area contributed by atoms with E-state index in [1.54, 1.807) is 31.4 Å². The number of hydrogen-bond donors (Lipinski definition) is 2. The Hall–Kier alpha value is -4.26. The molecule has 0 saturated carbocycles. The molecule has 0 aliphatic carbocycles. The minimum Gasteiger partial charge on any atom is -0.497 e. The topological polar surface area (TPSA) is 98.0 Å². The molecular weight excluding hydrogens is 458 g/mol. The molecule has 1 unspecified atom stereocenters. The van der Waals surface area contributed by atoms with Gasteiger partial charge in [0.15, 0.2) is 5.76 Å². The molecule has 0 saturated heterocycles. The number of ether oxygens (including phenoxy) is 2. The number of carbonyl (C=O) groups excluding carboxylic acids is 1. The van der Waals surface area contributed by atoms with Gasteiger partial charge in [0.05, 0.1) is 13.7 Å². The zero-order chi connectivity index (χ0) is 25.7. The Bertz CT molecular complexity index is 1360. The van der Waals surface area contributed by atoms with Gasteiger partial charge in [-0.15, -0.1) is 0 Å². The van der Waals surface area contributed by atoms with Gasteiger partial charge >= 0.3 is 5.97 Å². The first kappa shape index (κ1) is 24.9. The van der Waals surface area contributed by atoms with Crippen LogP contribution in [0.25, 0.3) is 22.1 Å². The van der Waals surface area contributed by atoms with Crippen molar-refractivity contribution in [3.05, 3.63) is 84.1 Å². The third-order valence-corrected chi connectivity index (χ3v) is 5.71.